The maximum absolute atomic E-state index is 12.7. The maximum Gasteiger partial charge on any atom is 0.271 e. The molecule has 0 saturated carbocycles. The lowest BCUT2D eigenvalue weighted by molar-refractivity contribution is -0.384. The van der Waals surface area contributed by atoms with Gasteiger partial charge in [0, 0.05) is 29.6 Å². The number of nitro benzene ring substituents is 1. The highest BCUT2D eigenvalue weighted by Crippen LogP contribution is 2.27. The smallest absolute Gasteiger partial charge is 0.271 e. The highest BCUT2D eigenvalue weighted by Gasteiger charge is 2.15. The number of carbonyl (C=O) groups is 1. The topological polar surface area (TPSA) is 127 Å². The second-order valence-electron chi connectivity index (χ2n) is 6.99. The van der Waals surface area contributed by atoms with Crippen molar-refractivity contribution in [3.8, 4) is 22.3 Å². The summed E-state index contributed by atoms with van der Waals surface area (Å²) in [6, 6.07) is 19.1. The molecule has 1 N–H and O–H groups in total. The summed E-state index contributed by atoms with van der Waals surface area (Å²) in [5.74, 6) is -0.628. The molecule has 0 bridgehead atoms. The summed E-state index contributed by atoms with van der Waals surface area (Å²) in [6.07, 6.45) is 3.10. The van der Waals surface area contributed by atoms with Gasteiger partial charge in [-0.3, -0.25) is 20.2 Å². The Balaban J connectivity index is 1.57. The normalized spacial score (nSPS) is 11.1. The SMILES string of the molecule is Cc1cccc(-c2nnc(NC(=O)C(C#N)=Cc3cccn3-c3cccc([N+](=O)[O-])c3)s2)c1. The second kappa shape index (κ2) is 9.25. The zero-order chi connectivity index (χ0) is 23.4. The van der Waals surface area contributed by atoms with E-state index in [0.29, 0.717) is 16.4 Å². The minimum absolute atomic E-state index is 0.0601. The lowest BCUT2D eigenvalue weighted by Gasteiger charge is -2.07. The summed E-state index contributed by atoms with van der Waals surface area (Å²) >= 11 is 1.20. The standard InChI is InChI=1S/C23H16N6O3S/c1-15-5-2-6-16(11-15)22-26-27-23(33-22)25-21(30)17(14-24)12-18-9-4-10-28(18)19-7-3-8-20(13-19)29(31)32/h2-13H,1H3,(H,25,27,30). The summed E-state index contributed by atoms with van der Waals surface area (Å²) < 4.78 is 1.65. The molecule has 10 heteroatoms. The molecule has 2 aromatic carbocycles. The van der Waals surface area contributed by atoms with E-state index >= 15 is 0 Å². The van der Waals surface area contributed by atoms with Gasteiger partial charge in [-0.2, -0.15) is 5.26 Å². The number of nitriles is 1. The molecule has 0 saturated heterocycles. The number of non-ortho nitro benzene ring substituents is 1. The van der Waals surface area contributed by atoms with Crippen LogP contribution in [0.25, 0.3) is 22.3 Å². The molecule has 2 heterocycles. The lowest BCUT2D eigenvalue weighted by Crippen LogP contribution is -2.13. The molecule has 0 radical (unpaired) electrons. The molecular weight excluding hydrogens is 440 g/mol. The Morgan fingerprint density at radius 2 is 2.00 bits per heavy atom. The van der Waals surface area contributed by atoms with Crippen molar-refractivity contribution in [3.05, 3.63) is 93.8 Å². The molecule has 0 atom stereocenters. The Kier molecular flexibility index (Phi) is 6.06. The van der Waals surface area contributed by atoms with Gasteiger partial charge < -0.3 is 4.57 Å². The number of benzene rings is 2. The molecule has 0 fully saturated rings. The number of aryl methyl sites for hydroxylation is 1. The van der Waals surface area contributed by atoms with Gasteiger partial charge in [0.1, 0.15) is 16.6 Å². The second-order valence-corrected chi connectivity index (χ2v) is 7.96. The van der Waals surface area contributed by atoms with Crippen LogP contribution in [0.15, 0.2) is 72.4 Å². The van der Waals surface area contributed by atoms with Crippen molar-refractivity contribution in [2.24, 2.45) is 0 Å². The Labute approximate surface area is 192 Å². The van der Waals surface area contributed by atoms with Gasteiger partial charge in [-0.1, -0.05) is 41.2 Å². The van der Waals surface area contributed by atoms with Crippen molar-refractivity contribution in [1.82, 2.24) is 14.8 Å². The number of anilines is 1. The van der Waals surface area contributed by atoms with Crippen LogP contribution in [0, 0.1) is 28.4 Å². The number of carbonyl (C=O) groups excluding carboxylic acids is 1. The molecule has 1 amide bonds. The molecule has 0 aliphatic rings. The fraction of sp³-hybridized carbons (Fsp3) is 0.0435. The van der Waals surface area contributed by atoms with Crippen LogP contribution in [0.5, 0.6) is 0 Å². The van der Waals surface area contributed by atoms with Crippen LogP contribution in [-0.4, -0.2) is 25.6 Å². The quantitative estimate of drug-likeness (QED) is 0.193. The van der Waals surface area contributed by atoms with Crippen LogP contribution >= 0.6 is 11.3 Å². The average Bonchev–Trinajstić information content (AvgIpc) is 3.47. The van der Waals surface area contributed by atoms with E-state index in [1.54, 1.807) is 35.0 Å². The number of nitrogens with zero attached hydrogens (tertiary/aromatic N) is 5. The van der Waals surface area contributed by atoms with Crippen molar-refractivity contribution in [2.45, 2.75) is 6.92 Å². The van der Waals surface area contributed by atoms with Crippen molar-refractivity contribution in [1.29, 1.82) is 5.26 Å². The first-order chi connectivity index (χ1) is 15.9. The lowest BCUT2D eigenvalue weighted by atomic mass is 10.1. The maximum atomic E-state index is 12.7. The first-order valence-electron chi connectivity index (χ1n) is 9.70. The van der Waals surface area contributed by atoms with Gasteiger partial charge in [-0.15, -0.1) is 10.2 Å². The fourth-order valence-corrected chi connectivity index (χ4v) is 3.87. The van der Waals surface area contributed by atoms with Gasteiger partial charge >= 0.3 is 0 Å². The van der Waals surface area contributed by atoms with E-state index in [9.17, 15) is 20.2 Å². The highest BCUT2D eigenvalue weighted by molar-refractivity contribution is 7.18. The Hall–Kier alpha value is -4.62. The molecule has 4 aromatic rings. The van der Waals surface area contributed by atoms with Crippen molar-refractivity contribution in [3.63, 3.8) is 0 Å². The number of rotatable bonds is 6. The zero-order valence-electron chi connectivity index (χ0n) is 17.3. The Bertz CT molecular complexity index is 1430. The Morgan fingerprint density at radius 3 is 2.76 bits per heavy atom. The number of nitro groups is 1. The van der Waals surface area contributed by atoms with Crippen LogP contribution in [0.3, 0.4) is 0 Å². The summed E-state index contributed by atoms with van der Waals surface area (Å²) in [7, 11) is 0. The van der Waals surface area contributed by atoms with Gasteiger partial charge in [0.25, 0.3) is 11.6 Å². The monoisotopic (exact) mass is 456 g/mol. The van der Waals surface area contributed by atoms with E-state index in [0.717, 1.165) is 11.1 Å². The van der Waals surface area contributed by atoms with E-state index in [1.807, 2.05) is 37.3 Å². The van der Waals surface area contributed by atoms with Crippen LogP contribution in [0.4, 0.5) is 10.8 Å². The Morgan fingerprint density at radius 1 is 1.18 bits per heavy atom. The summed E-state index contributed by atoms with van der Waals surface area (Å²) in [6.45, 7) is 1.97. The molecule has 0 aliphatic heterocycles. The molecule has 162 valence electrons. The van der Waals surface area contributed by atoms with Gasteiger partial charge in [-0.05, 0) is 37.3 Å². The summed E-state index contributed by atoms with van der Waals surface area (Å²) in [5.41, 5.74) is 2.81. The third-order valence-electron chi connectivity index (χ3n) is 4.67. The average molecular weight is 456 g/mol. The first kappa shape index (κ1) is 21.6. The number of nitrogens with one attached hydrogen (secondary N) is 1. The number of amides is 1. The van der Waals surface area contributed by atoms with E-state index in [2.05, 4.69) is 15.5 Å². The molecule has 0 unspecified atom stereocenters. The number of hydrogen-bond acceptors (Lipinski definition) is 7. The van der Waals surface area contributed by atoms with Crippen LogP contribution < -0.4 is 5.32 Å². The number of hydrogen-bond donors (Lipinski definition) is 1. The van der Waals surface area contributed by atoms with Crippen LogP contribution in [0.1, 0.15) is 11.3 Å². The minimum Gasteiger partial charge on any atom is -0.317 e. The predicted molar refractivity (Wildman–Crippen MR) is 125 cm³/mol. The summed E-state index contributed by atoms with van der Waals surface area (Å²) in [4.78, 5) is 23.3. The van der Waals surface area contributed by atoms with Gasteiger partial charge in [0.05, 0.1) is 10.6 Å². The van der Waals surface area contributed by atoms with Crippen molar-refractivity contribution >= 4 is 34.1 Å². The molecule has 0 spiro atoms. The molecule has 33 heavy (non-hydrogen) atoms. The van der Waals surface area contributed by atoms with Crippen molar-refractivity contribution in [2.75, 3.05) is 5.32 Å². The molecular formula is C23H16N6O3S. The number of aromatic nitrogens is 3. The summed E-state index contributed by atoms with van der Waals surface area (Å²) in [5, 5.41) is 32.3. The molecule has 2 aromatic heterocycles. The van der Waals surface area contributed by atoms with E-state index in [-0.39, 0.29) is 16.4 Å². The van der Waals surface area contributed by atoms with E-state index in [1.165, 1.54) is 29.5 Å². The molecule has 4 rings (SSSR count). The highest BCUT2D eigenvalue weighted by atomic mass is 32.1. The van der Waals surface area contributed by atoms with Gasteiger partial charge in [-0.25, -0.2) is 0 Å². The van der Waals surface area contributed by atoms with Crippen LogP contribution in [0.2, 0.25) is 0 Å². The van der Waals surface area contributed by atoms with Crippen LogP contribution in [-0.2, 0) is 4.79 Å². The minimum atomic E-state index is -0.628. The zero-order valence-corrected chi connectivity index (χ0v) is 18.1. The van der Waals surface area contributed by atoms with Gasteiger partial charge in [0.2, 0.25) is 5.13 Å². The molecule has 0 aliphatic carbocycles. The third-order valence-corrected chi connectivity index (χ3v) is 5.55. The third kappa shape index (κ3) is 4.84. The largest absolute Gasteiger partial charge is 0.317 e. The van der Waals surface area contributed by atoms with E-state index in [4.69, 9.17) is 0 Å². The first-order valence-corrected chi connectivity index (χ1v) is 10.5. The fourth-order valence-electron chi connectivity index (χ4n) is 3.13. The molecule has 9 nitrogen and oxygen atoms in total. The van der Waals surface area contributed by atoms with Gasteiger partial charge in [0.15, 0.2) is 0 Å². The van der Waals surface area contributed by atoms with E-state index < -0.39 is 10.8 Å². The predicted octanol–water partition coefficient (Wildman–Crippen LogP) is 4.76. The van der Waals surface area contributed by atoms with Crippen molar-refractivity contribution < 1.29 is 9.72 Å².